The van der Waals surface area contributed by atoms with Crippen molar-refractivity contribution < 1.29 is 19.0 Å². The van der Waals surface area contributed by atoms with Gasteiger partial charge in [0.1, 0.15) is 11.7 Å². The minimum absolute atomic E-state index is 0.0726. The van der Waals surface area contributed by atoms with E-state index in [9.17, 15) is 4.79 Å². The second-order valence-electron chi connectivity index (χ2n) is 8.89. The third-order valence-corrected chi connectivity index (χ3v) is 6.51. The second kappa shape index (κ2) is 7.81. The van der Waals surface area contributed by atoms with Gasteiger partial charge in [-0.25, -0.2) is 9.97 Å². The van der Waals surface area contributed by atoms with Crippen LogP contribution in [0.5, 0.6) is 0 Å². The summed E-state index contributed by atoms with van der Waals surface area (Å²) in [6, 6.07) is 1.97. The van der Waals surface area contributed by atoms with Gasteiger partial charge in [0.25, 0.3) is 5.91 Å². The Labute approximate surface area is 172 Å². The Morgan fingerprint density at radius 2 is 1.90 bits per heavy atom. The molecule has 1 spiro atoms. The molecule has 0 bridgehead atoms. The van der Waals surface area contributed by atoms with Gasteiger partial charge in [-0.2, -0.15) is 0 Å². The third-order valence-electron chi connectivity index (χ3n) is 6.51. The van der Waals surface area contributed by atoms with Gasteiger partial charge in [-0.1, -0.05) is 0 Å². The number of morpholine rings is 1. The molecule has 160 valence electrons. The Morgan fingerprint density at radius 3 is 2.55 bits per heavy atom. The van der Waals surface area contributed by atoms with Gasteiger partial charge in [-0.15, -0.1) is 0 Å². The fourth-order valence-corrected chi connectivity index (χ4v) is 4.55. The van der Waals surface area contributed by atoms with Crippen molar-refractivity contribution in [2.75, 3.05) is 51.4 Å². The highest BCUT2D eigenvalue weighted by Gasteiger charge is 2.48. The van der Waals surface area contributed by atoms with Crippen molar-refractivity contribution in [3.05, 3.63) is 17.5 Å². The van der Waals surface area contributed by atoms with E-state index in [1.165, 1.54) is 0 Å². The molecule has 4 heterocycles. The maximum atomic E-state index is 13.0. The molecule has 0 N–H and O–H groups in total. The molecule has 0 unspecified atom stereocenters. The number of hydrogen-bond donors (Lipinski definition) is 0. The van der Waals surface area contributed by atoms with Crippen molar-refractivity contribution in [3.8, 4) is 0 Å². The molecule has 3 aliphatic rings. The quantitative estimate of drug-likeness (QED) is 0.755. The van der Waals surface area contributed by atoms with Gasteiger partial charge in [0.15, 0.2) is 0 Å². The standard InChI is InChI=1S/C21H32N4O4/c1-15-11-16(2)23-19(22-15)25-9-10-29-21(13-25)12-17(28-14-21)18(26)24-7-5-20(3,27-4)6-8-24/h11,17H,5-10,12-14H2,1-4H3/t17-,21-/m0/s1. The van der Waals surface area contributed by atoms with Crippen molar-refractivity contribution >= 4 is 11.9 Å². The number of likely N-dealkylation sites (tertiary alicyclic amines) is 1. The van der Waals surface area contributed by atoms with E-state index in [1.807, 2.05) is 24.8 Å². The Hall–Kier alpha value is -1.77. The molecule has 1 aromatic heterocycles. The van der Waals surface area contributed by atoms with E-state index in [0.29, 0.717) is 39.3 Å². The number of aromatic nitrogens is 2. The highest BCUT2D eigenvalue weighted by molar-refractivity contribution is 5.81. The van der Waals surface area contributed by atoms with Crippen molar-refractivity contribution in [3.63, 3.8) is 0 Å². The maximum absolute atomic E-state index is 13.0. The molecule has 0 aromatic carbocycles. The summed E-state index contributed by atoms with van der Waals surface area (Å²) in [6.07, 6.45) is 1.83. The summed E-state index contributed by atoms with van der Waals surface area (Å²) < 4.78 is 17.7. The van der Waals surface area contributed by atoms with E-state index in [4.69, 9.17) is 14.2 Å². The lowest BCUT2D eigenvalue weighted by molar-refractivity contribution is -0.145. The molecule has 29 heavy (non-hydrogen) atoms. The highest BCUT2D eigenvalue weighted by atomic mass is 16.6. The zero-order chi connectivity index (χ0) is 20.6. The predicted octanol–water partition coefficient (Wildman–Crippen LogP) is 1.49. The molecule has 2 atom stereocenters. The third kappa shape index (κ3) is 4.25. The van der Waals surface area contributed by atoms with E-state index >= 15 is 0 Å². The number of anilines is 1. The van der Waals surface area contributed by atoms with Crippen LogP contribution in [-0.4, -0.2) is 84.6 Å². The van der Waals surface area contributed by atoms with Crippen LogP contribution in [0.4, 0.5) is 5.95 Å². The predicted molar refractivity (Wildman–Crippen MR) is 108 cm³/mol. The molecule has 3 saturated heterocycles. The van der Waals surface area contributed by atoms with Gasteiger partial charge in [-0.05, 0) is 39.7 Å². The fraction of sp³-hybridized carbons (Fsp3) is 0.762. The van der Waals surface area contributed by atoms with Gasteiger partial charge in [-0.3, -0.25) is 4.79 Å². The molecular weight excluding hydrogens is 372 g/mol. The monoisotopic (exact) mass is 404 g/mol. The number of nitrogens with zero attached hydrogens (tertiary/aromatic N) is 4. The molecule has 1 aromatic rings. The van der Waals surface area contributed by atoms with E-state index in [0.717, 1.165) is 36.7 Å². The molecule has 3 aliphatic heterocycles. The van der Waals surface area contributed by atoms with Crippen LogP contribution in [0.25, 0.3) is 0 Å². The average molecular weight is 405 g/mol. The first-order valence-corrected chi connectivity index (χ1v) is 10.5. The zero-order valence-corrected chi connectivity index (χ0v) is 17.9. The number of carbonyl (C=O) groups excluding carboxylic acids is 1. The zero-order valence-electron chi connectivity index (χ0n) is 17.9. The first-order valence-electron chi connectivity index (χ1n) is 10.5. The van der Waals surface area contributed by atoms with E-state index in [-0.39, 0.29) is 11.5 Å². The molecule has 4 rings (SSSR count). The van der Waals surface area contributed by atoms with Crippen molar-refractivity contribution in [1.29, 1.82) is 0 Å². The van der Waals surface area contributed by atoms with Crippen LogP contribution in [0.1, 0.15) is 37.6 Å². The molecule has 3 fully saturated rings. The van der Waals surface area contributed by atoms with Crippen molar-refractivity contribution in [1.82, 2.24) is 14.9 Å². The average Bonchev–Trinajstić information content (AvgIpc) is 3.10. The van der Waals surface area contributed by atoms with Gasteiger partial charge in [0.2, 0.25) is 5.95 Å². The van der Waals surface area contributed by atoms with Crippen LogP contribution in [0.15, 0.2) is 6.07 Å². The van der Waals surface area contributed by atoms with Crippen LogP contribution in [-0.2, 0) is 19.0 Å². The van der Waals surface area contributed by atoms with Crippen molar-refractivity contribution in [2.45, 2.75) is 57.3 Å². The van der Waals surface area contributed by atoms with Gasteiger partial charge >= 0.3 is 0 Å². The number of rotatable bonds is 3. The summed E-state index contributed by atoms with van der Waals surface area (Å²) >= 11 is 0. The normalized spacial score (nSPS) is 29.4. The Balaban J connectivity index is 1.40. The summed E-state index contributed by atoms with van der Waals surface area (Å²) in [5.41, 5.74) is 1.30. The lowest BCUT2D eigenvalue weighted by Crippen LogP contribution is -2.54. The SMILES string of the molecule is COC1(C)CCN(C(=O)[C@@H]2C[C@@]3(CO2)CN(c2nc(C)cc(C)n2)CCO3)CC1. The Kier molecular flexibility index (Phi) is 5.52. The summed E-state index contributed by atoms with van der Waals surface area (Å²) in [5, 5.41) is 0. The first kappa shape index (κ1) is 20.5. The lowest BCUT2D eigenvalue weighted by atomic mass is 9.92. The van der Waals surface area contributed by atoms with E-state index in [2.05, 4.69) is 21.8 Å². The largest absolute Gasteiger partial charge is 0.378 e. The summed E-state index contributed by atoms with van der Waals surface area (Å²) in [4.78, 5) is 26.3. The summed E-state index contributed by atoms with van der Waals surface area (Å²) in [5.74, 6) is 0.804. The van der Waals surface area contributed by atoms with Gasteiger partial charge < -0.3 is 24.0 Å². The van der Waals surface area contributed by atoms with Crippen LogP contribution in [0.3, 0.4) is 0 Å². The number of amides is 1. The van der Waals surface area contributed by atoms with Crippen molar-refractivity contribution in [2.24, 2.45) is 0 Å². The summed E-state index contributed by atoms with van der Waals surface area (Å²) in [6.45, 7) is 9.87. The number of methoxy groups -OCH3 is 1. The fourth-order valence-electron chi connectivity index (χ4n) is 4.55. The number of aryl methyl sites for hydroxylation is 2. The van der Waals surface area contributed by atoms with E-state index < -0.39 is 11.7 Å². The lowest BCUT2D eigenvalue weighted by Gasteiger charge is -2.40. The number of carbonyl (C=O) groups is 1. The van der Waals surface area contributed by atoms with Crippen LogP contribution < -0.4 is 4.90 Å². The first-order chi connectivity index (χ1) is 13.8. The Bertz CT molecular complexity index is 745. The molecular formula is C21H32N4O4. The second-order valence-corrected chi connectivity index (χ2v) is 8.89. The number of hydrogen-bond acceptors (Lipinski definition) is 7. The molecule has 1 amide bonds. The maximum Gasteiger partial charge on any atom is 0.251 e. The van der Waals surface area contributed by atoms with Gasteiger partial charge in [0.05, 0.1) is 25.4 Å². The van der Waals surface area contributed by atoms with Crippen LogP contribution in [0.2, 0.25) is 0 Å². The van der Waals surface area contributed by atoms with Crippen LogP contribution >= 0.6 is 0 Å². The summed E-state index contributed by atoms with van der Waals surface area (Å²) in [7, 11) is 1.74. The molecule has 8 heteroatoms. The minimum Gasteiger partial charge on any atom is -0.378 e. The number of piperidine rings is 1. The Morgan fingerprint density at radius 1 is 1.21 bits per heavy atom. The smallest absolute Gasteiger partial charge is 0.251 e. The topological polar surface area (TPSA) is 77.0 Å². The minimum atomic E-state index is -0.476. The molecule has 8 nitrogen and oxygen atoms in total. The molecule has 0 radical (unpaired) electrons. The molecule has 0 aliphatic carbocycles. The number of ether oxygens (including phenoxy) is 3. The molecule has 0 saturated carbocycles. The van der Waals surface area contributed by atoms with E-state index in [1.54, 1.807) is 7.11 Å². The van der Waals surface area contributed by atoms with Crippen LogP contribution in [0, 0.1) is 13.8 Å². The van der Waals surface area contributed by atoms with Gasteiger partial charge in [0, 0.05) is 44.6 Å². The highest BCUT2D eigenvalue weighted by Crippen LogP contribution is 2.34.